The van der Waals surface area contributed by atoms with Crippen molar-refractivity contribution in [2.75, 3.05) is 24.0 Å². The lowest BCUT2D eigenvalue weighted by atomic mass is 10.0. The summed E-state index contributed by atoms with van der Waals surface area (Å²) in [7, 11) is -4.17. The van der Waals surface area contributed by atoms with Gasteiger partial charge in [-0.05, 0) is 67.3 Å². The summed E-state index contributed by atoms with van der Waals surface area (Å²) in [6.45, 7) is 8.35. The summed E-state index contributed by atoms with van der Waals surface area (Å²) in [5.74, 6) is -0.0125. The highest BCUT2D eigenvalue weighted by molar-refractivity contribution is 7.92. The van der Waals surface area contributed by atoms with Crippen LogP contribution in [0.15, 0.2) is 114 Å². The van der Waals surface area contributed by atoms with E-state index in [0.717, 1.165) is 21.0 Å². The molecule has 242 valence electrons. The molecule has 1 atom stereocenters. The van der Waals surface area contributed by atoms with Gasteiger partial charge >= 0.3 is 0 Å². The molecule has 0 aliphatic rings. The second-order valence-corrected chi connectivity index (χ2v) is 13.5. The predicted octanol–water partition coefficient (Wildman–Crippen LogP) is 6.00. The zero-order chi connectivity index (χ0) is 33.1. The predicted molar refractivity (Wildman–Crippen MR) is 182 cm³/mol. The lowest BCUT2D eigenvalue weighted by Gasteiger charge is -2.34. The number of amides is 2. The lowest BCUT2D eigenvalue weighted by molar-refractivity contribution is -0.140. The maximum Gasteiger partial charge on any atom is 0.264 e. The number of hydrogen-bond donors (Lipinski definition) is 1. The maximum atomic E-state index is 14.6. The lowest BCUT2D eigenvalue weighted by Crippen LogP contribution is -2.53. The van der Waals surface area contributed by atoms with E-state index in [9.17, 15) is 18.0 Å². The highest BCUT2D eigenvalue weighted by atomic mass is 32.2. The van der Waals surface area contributed by atoms with Gasteiger partial charge in [-0.15, -0.1) is 0 Å². The number of ether oxygens (including phenoxy) is 1. The fourth-order valence-corrected chi connectivity index (χ4v) is 6.54. The number of anilines is 1. The van der Waals surface area contributed by atoms with Crippen molar-refractivity contribution in [3.63, 3.8) is 0 Å². The van der Waals surface area contributed by atoms with Gasteiger partial charge in [0.25, 0.3) is 10.0 Å². The van der Waals surface area contributed by atoms with Crippen LogP contribution in [0.25, 0.3) is 0 Å². The van der Waals surface area contributed by atoms with Crippen molar-refractivity contribution in [1.29, 1.82) is 0 Å². The monoisotopic (exact) mass is 641 g/mol. The SMILES string of the molecule is CCOc1ccc(N(CC(=O)N(Cc2cccc(C)c2)[C@H](Cc2ccccc2)C(=O)NCC(C)C)S(=O)(=O)c2ccccc2)cc1. The molecular weight excluding hydrogens is 598 g/mol. The maximum absolute atomic E-state index is 14.6. The van der Waals surface area contributed by atoms with Gasteiger partial charge in [-0.2, -0.15) is 0 Å². The van der Waals surface area contributed by atoms with E-state index in [1.807, 2.05) is 82.3 Å². The molecular formula is C37H43N3O5S. The third kappa shape index (κ3) is 9.20. The molecule has 0 bridgehead atoms. The van der Waals surface area contributed by atoms with Crippen LogP contribution in [-0.2, 0) is 32.6 Å². The van der Waals surface area contributed by atoms with E-state index in [-0.39, 0.29) is 29.7 Å². The van der Waals surface area contributed by atoms with E-state index < -0.39 is 28.5 Å². The molecule has 0 heterocycles. The smallest absolute Gasteiger partial charge is 0.264 e. The second-order valence-electron chi connectivity index (χ2n) is 11.6. The molecule has 0 saturated carbocycles. The number of nitrogens with zero attached hydrogens (tertiary/aromatic N) is 2. The Hall–Kier alpha value is -4.63. The number of benzene rings is 4. The first-order valence-electron chi connectivity index (χ1n) is 15.6. The molecule has 2 amide bonds. The minimum atomic E-state index is -4.17. The summed E-state index contributed by atoms with van der Waals surface area (Å²) in [5.41, 5.74) is 3.03. The van der Waals surface area contributed by atoms with Crippen molar-refractivity contribution in [3.05, 3.63) is 126 Å². The van der Waals surface area contributed by atoms with E-state index in [2.05, 4.69) is 5.32 Å². The van der Waals surface area contributed by atoms with Crippen molar-refractivity contribution < 1.29 is 22.7 Å². The van der Waals surface area contributed by atoms with Gasteiger partial charge in [0.15, 0.2) is 0 Å². The number of hydrogen-bond acceptors (Lipinski definition) is 5. The Morgan fingerprint density at radius 1 is 0.826 bits per heavy atom. The number of nitrogens with one attached hydrogen (secondary N) is 1. The molecule has 0 aliphatic heterocycles. The van der Waals surface area contributed by atoms with Gasteiger partial charge in [0.2, 0.25) is 11.8 Å². The van der Waals surface area contributed by atoms with Gasteiger partial charge in [0, 0.05) is 19.5 Å². The van der Waals surface area contributed by atoms with Crippen molar-refractivity contribution >= 4 is 27.5 Å². The minimum absolute atomic E-state index is 0.0532. The summed E-state index contributed by atoms with van der Waals surface area (Å²) in [6, 6.07) is 31.0. The van der Waals surface area contributed by atoms with Crippen molar-refractivity contribution in [3.8, 4) is 5.75 Å². The van der Waals surface area contributed by atoms with E-state index in [1.165, 1.54) is 17.0 Å². The number of aryl methyl sites for hydroxylation is 1. The van der Waals surface area contributed by atoms with Gasteiger partial charge in [-0.25, -0.2) is 8.42 Å². The van der Waals surface area contributed by atoms with E-state index in [4.69, 9.17) is 4.74 Å². The zero-order valence-electron chi connectivity index (χ0n) is 26.9. The highest BCUT2D eigenvalue weighted by Gasteiger charge is 2.34. The Bertz CT molecular complexity index is 1680. The molecule has 0 aromatic heterocycles. The third-order valence-electron chi connectivity index (χ3n) is 7.44. The highest BCUT2D eigenvalue weighted by Crippen LogP contribution is 2.27. The Morgan fingerprint density at radius 2 is 1.46 bits per heavy atom. The van der Waals surface area contributed by atoms with Crippen LogP contribution < -0.4 is 14.4 Å². The molecule has 0 spiro atoms. The molecule has 0 radical (unpaired) electrons. The summed E-state index contributed by atoms with van der Waals surface area (Å²) >= 11 is 0. The van der Waals surface area contributed by atoms with Gasteiger partial charge in [-0.1, -0.05) is 92.2 Å². The summed E-state index contributed by atoms with van der Waals surface area (Å²) in [4.78, 5) is 30.0. The Morgan fingerprint density at radius 3 is 2.07 bits per heavy atom. The number of rotatable bonds is 15. The average molecular weight is 642 g/mol. The second kappa shape index (κ2) is 16.1. The van der Waals surface area contributed by atoms with Crippen LogP contribution in [0, 0.1) is 12.8 Å². The molecule has 0 aliphatic carbocycles. The largest absolute Gasteiger partial charge is 0.494 e. The van der Waals surface area contributed by atoms with E-state index >= 15 is 0 Å². The molecule has 0 saturated heterocycles. The summed E-state index contributed by atoms with van der Waals surface area (Å²) in [6.07, 6.45) is 0.261. The van der Waals surface area contributed by atoms with Gasteiger partial charge < -0.3 is 15.0 Å². The molecule has 9 heteroatoms. The third-order valence-corrected chi connectivity index (χ3v) is 9.22. The minimum Gasteiger partial charge on any atom is -0.494 e. The van der Waals surface area contributed by atoms with Gasteiger partial charge in [0.05, 0.1) is 17.2 Å². The average Bonchev–Trinajstić information content (AvgIpc) is 3.05. The fraction of sp³-hybridized carbons (Fsp3) is 0.297. The van der Waals surface area contributed by atoms with E-state index in [0.29, 0.717) is 24.6 Å². The molecule has 4 aromatic carbocycles. The first kappa shape index (κ1) is 34.2. The Balaban J connectivity index is 1.79. The number of carbonyl (C=O) groups excluding carboxylic acids is 2. The van der Waals surface area contributed by atoms with Crippen LogP contribution in [0.5, 0.6) is 5.75 Å². The van der Waals surface area contributed by atoms with Crippen molar-refractivity contribution in [2.24, 2.45) is 5.92 Å². The van der Waals surface area contributed by atoms with E-state index in [1.54, 1.807) is 42.5 Å². The van der Waals surface area contributed by atoms with Crippen molar-refractivity contribution in [2.45, 2.75) is 51.6 Å². The molecule has 0 unspecified atom stereocenters. The van der Waals surface area contributed by atoms with Crippen LogP contribution in [0.3, 0.4) is 0 Å². The van der Waals surface area contributed by atoms with Crippen molar-refractivity contribution in [1.82, 2.24) is 10.2 Å². The molecule has 46 heavy (non-hydrogen) atoms. The number of carbonyl (C=O) groups is 2. The first-order chi connectivity index (χ1) is 22.1. The van der Waals surface area contributed by atoms with Crippen LogP contribution in [0.1, 0.15) is 37.5 Å². The zero-order valence-corrected chi connectivity index (χ0v) is 27.7. The quantitative estimate of drug-likeness (QED) is 0.172. The normalized spacial score (nSPS) is 11.9. The fourth-order valence-electron chi connectivity index (χ4n) is 5.11. The van der Waals surface area contributed by atoms with Crippen LogP contribution in [-0.4, -0.2) is 50.9 Å². The van der Waals surface area contributed by atoms with Crippen LogP contribution in [0.2, 0.25) is 0 Å². The summed E-state index contributed by atoms with van der Waals surface area (Å²) in [5, 5.41) is 3.02. The standard InChI is InChI=1S/C37H43N3O5S/c1-5-45-33-21-19-32(20-22-33)40(46(43,44)34-17-10-7-11-18-34)27-36(41)39(26-31-16-12-13-29(4)23-31)35(37(42)38-25-28(2)3)24-30-14-8-6-9-15-30/h6-23,28,35H,5,24-27H2,1-4H3,(H,38,42)/t35-/m1/s1. The van der Waals surface area contributed by atoms with Gasteiger partial charge in [-0.3, -0.25) is 13.9 Å². The first-order valence-corrected chi connectivity index (χ1v) is 17.0. The Labute approximate surface area is 273 Å². The number of sulfonamides is 1. The molecule has 4 rings (SSSR count). The topological polar surface area (TPSA) is 96.0 Å². The summed E-state index contributed by atoms with van der Waals surface area (Å²) < 4.78 is 34.9. The van der Waals surface area contributed by atoms with Crippen LogP contribution >= 0.6 is 0 Å². The Kier molecular flexibility index (Phi) is 12.0. The molecule has 0 fully saturated rings. The van der Waals surface area contributed by atoms with Gasteiger partial charge in [0.1, 0.15) is 18.3 Å². The molecule has 1 N–H and O–H groups in total. The van der Waals surface area contributed by atoms with Crippen LogP contribution in [0.4, 0.5) is 5.69 Å². The molecule has 4 aromatic rings. The molecule has 8 nitrogen and oxygen atoms in total.